The van der Waals surface area contributed by atoms with Crippen LogP contribution in [0.5, 0.6) is 0 Å². The number of hydrogen-bond acceptors (Lipinski definition) is 9. The number of halogens is 3. The predicted molar refractivity (Wildman–Crippen MR) is 221 cm³/mol. The van der Waals surface area contributed by atoms with Crippen LogP contribution in [0, 0.1) is 5.41 Å². The monoisotopic (exact) mass is 882 g/mol. The maximum absolute atomic E-state index is 14.7. The normalized spacial score (nSPS) is 20.3. The molecule has 0 spiro atoms. The highest BCUT2D eigenvalue weighted by atomic mass is 32.2. The average molecular weight is 883 g/mol. The van der Waals surface area contributed by atoms with Crippen LogP contribution in [0.4, 0.5) is 22.8 Å². The van der Waals surface area contributed by atoms with Gasteiger partial charge in [-0.15, -0.1) is 6.58 Å². The van der Waals surface area contributed by atoms with Crippen LogP contribution in [0.3, 0.4) is 0 Å². The van der Waals surface area contributed by atoms with Gasteiger partial charge in [0.2, 0.25) is 17.6 Å². The number of carbonyl (C=O) groups is 6. The number of Topliss-reactive ketones (excluding diaryl/α,β-unsaturated/α-hetero) is 1. The molecule has 4 atom stereocenters. The van der Waals surface area contributed by atoms with Crippen LogP contribution in [-0.2, 0) is 46.7 Å². The first-order chi connectivity index (χ1) is 28.3. The third-order valence-corrected chi connectivity index (χ3v) is 14.3. The summed E-state index contributed by atoms with van der Waals surface area (Å²) in [6.07, 6.45) is -4.65. The van der Waals surface area contributed by atoms with Gasteiger partial charge < -0.3 is 35.8 Å². The second kappa shape index (κ2) is 19.6. The minimum Gasteiger partial charge on any atom is -0.444 e. The topological polar surface area (TPSA) is 200 Å². The molecule has 0 radical (unpaired) electrons. The number of urea groups is 1. The fourth-order valence-corrected chi connectivity index (χ4v) is 9.36. The molecular formula is C42H61F3N6O9S. The maximum Gasteiger partial charge on any atom is 0.410 e. The van der Waals surface area contributed by atoms with Crippen molar-refractivity contribution in [3.63, 3.8) is 0 Å². The summed E-state index contributed by atoms with van der Waals surface area (Å²) in [4.78, 5) is 84.5. The fourth-order valence-electron chi connectivity index (χ4n) is 7.84. The molecule has 19 heteroatoms. The van der Waals surface area contributed by atoms with Crippen LogP contribution >= 0.6 is 0 Å². The molecule has 2 fully saturated rings. The third-order valence-electron chi connectivity index (χ3n) is 11.5. The van der Waals surface area contributed by atoms with Crippen LogP contribution in [-0.4, -0.2) is 120 Å². The Morgan fingerprint density at radius 1 is 0.967 bits per heavy atom. The second-order valence-electron chi connectivity index (χ2n) is 18.4. The van der Waals surface area contributed by atoms with Crippen molar-refractivity contribution in [3.05, 3.63) is 48.0 Å². The molecule has 1 aliphatic carbocycles. The number of likely N-dealkylation sites (tertiary alicyclic amines) is 1. The lowest BCUT2D eigenvalue weighted by molar-refractivity contribution is -0.147. The summed E-state index contributed by atoms with van der Waals surface area (Å²) in [6.45, 7) is 13.2. The quantitative estimate of drug-likeness (QED) is 0.154. The zero-order chi connectivity index (χ0) is 45.6. The molecule has 4 N–H and O–H groups in total. The number of fused-ring (bicyclic) bond motifs is 1. The summed E-state index contributed by atoms with van der Waals surface area (Å²) in [5.74, 6) is -4.82. The number of hydrogen-bond donors (Lipinski definition) is 4. The Balaban J connectivity index is 1.63. The first-order valence-corrected chi connectivity index (χ1v) is 22.3. The van der Waals surface area contributed by atoms with E-state index in [0.717, 1.165) is 22.4 Å². The Labute approximate surface area is 356 Å². The summed E-state index contributed by atoms with van der Waals surface area (Å²) >= 11 is 0. The van der Waals surface area contributed by atoms with Gasteiger partial charge in [0.1, 0.15) is 18.2 Å². The molecule has 61 heavy (non-hydrogen) atoms. The van der Waals surface area contributed by atoms with Crippen LogP contribution in [0.25, 0.3) is 0 Å². The Morgan fingerprint density at radius 2 is 1.61 bits per heavy atom. The van der Waals surface area contributed by atoms with E-state index in [1.807, 2.05) is 24.3 Å². The Bertz CT molecular complexity index is 1920. The number of nitrogens with one attached hydrogen (secondary N) is 4. The van der Waals surface area contributed by atoms with Crippen LogP contribution in [0.1, 0.15) is 104 Å². The van der Waals surface area contributed by atoms with Gasteiger partial charge in [-0.1, -0.05) is 70.4 Å². The average Bonchev–Trinajstić information content (AvgIpc) is 3.59. The predicted octanol–water partition coefficient (Wildman–Crippen LogP) is 4.48. The number of amides is 6. The first kappa shape index (κ1) is 49.0. The van der Waals surface area contributed by atoms with Gasteiger partial charge in [0, 0.05) is 32.5 Å². The van der Waals surface area contributed by atoms with Crippen molar-refractivity contribution < 1.29 is 55.1 Å². The molecule has 2 aliphatic heterocycles. The molecule has 340 valence electrons. The number of ether oxygens (including phenoxy) is 1. The zero-order valence-electron chi connectivity index (χ0n) is 35.9. The van der Waals surface area contributed by atoms with E-state index in [9.17, 15) is 50.4 Å². The van der Waals surface area contributed by atoms with Crippen molar-refractivity contribution in [1.29, 1.82) is 0 Å². The summed E-state index contributed by atoms with van der Waals surface area (Å²) < 4.78 is 71.8. The molecule has 1 saturated carbocycles. The Kier molecular flexibility index (Phi) is 15.7. The maximum atomic E-state index is 14.7. The van der Waals surface area contributed by atoms with E-state index in [0.29, 0.717) is 38.6 Å². The Morgan fingerprint density at radius 3 is 2.20 bits per heavy atom. The number of carbonyl (C=O) groups excluding carboxylic acids is 6. The van der Waals surface area contributed by atoms with E-state index in [1.54, 1.807) is 41.5 Å². The molecule has 3 unspecified atom stereocenters. The zero-order valence-corrected chi connectivity index (χ0v) is 36.7. The van der Waals surface area contributed by atoms with E-state index in [4.69, 9.17) is 4.74 Å². The number of ketones is 1. The highest BCUT2D eigenvalue weighted by Crippen LogP contribution is 2.34. The summed E-state index contributed by atoms with van der Waals surface area (Å²) in [5, 5.41) is 10.1. The molecule has 1 aromatic carbocycles. The minimum atomic E-state index is -4.75. The highest BCUT2D eigenvalue weighted by Gasteiger charge is 2.49. The molecule has 1 saturated heterocycles. The lowest BCUT2D eigenvalue weighted by Gasteiger charge is -2.41. The second-order valence-corrected chi connectivity index (χ2v) is 21.1. The van der Waals surface area contributed by atoms with Crippen LogP contribution < -0.4 is 21.3 Å². The van der Waals surface area contributed by atoms with Gasteiger partial charge in [-0.2, -0.15) is 13.2 Å². The molecular weight excluding hydrogens is 822 g/mol. The number of benzene rings is 1. The Hall–Kier alpha value is -4.68. The standard InChI is InChI=1S/C42H61F3N6O9S/c1-8-21-46-35(54)32(52)30(16-20-42(43,44)45)47-34(53)31-23-29(60-38(57)50-22-17-27-14-10-11-15-28(27)24-50)25-51(31)36(55)33(39(2,3)4)48-37(56)49-41(18-12-9-13-19-41)26-61(58,59)40(5,6)7/h8,10-11,14-15,29-31,33H,1,9,12-13,16-26H2,2-7H3,(H,46,54)(H,47,53)(H2,48,49,56)/t29-,30?,31?,33?/m1/s1. The van der Waals surface area contributed by atoms with Gasteiger partial charge in [-0.3, -0.25) is 19.2 Å². The molecule has 3 aliphatic rings. The summed E-state index contributed by atoms with van der Waals surface area (Å²) in [6, 6.07) is 1.92. The molecule has 4 rings (SSSR count). The van der Waals surface area contributed by atoms with Crippen molar-refractivity contribution in [2.45, 2.75) is 147 Å². The molecule has 1 aromatic rings. The van der Waals surface area contributed by atoms with Crippen molar-refractivity contribution in [2.75, 3.05) is 25.4 Å². The molecule has 0 bridgehead atoms. The van der Waals surface area contributed by atoms with E-state index >= 15 is 0 Å². The molecule has 0 aromatic heterocycles. The smallest absolute Gasteiger partial charge is 0.410 e. The van der Waals surface area contributed by atoms with E-state index in [2.05, 4.69) is 27.8 Å². The summed E-state index contributed by atoms with van der Waals surface area (Å²) in [7, 11) is -3.71. The molecule has 6 amide bonds. The van der Waals surface area contributed by atoms with Crippen LogP contribution in [0.2, 0.25) is 0 Å². The van der Waals surface area contributed by atoms with Gasteiger partial charge >= 0.3 is 18.3 Å². The van der Waals surface area contributed by atoms with Gasteiger partial charge in [0.05, 0.1) is 28.6 Å². The third kappa shape index (κ3) is 13.2. The van der Waals surface area contributed by atoms with Crippen molar-refractivity contribution in [3.8, 4) is 0 Å². The van der Waals surface area contributed by atoms with E-state index in [-0.39, 0.29) is 31.8 Å². The van der Waals surface area contributed by atoms with Crippen molar-refractivity contribution >= 4 is 45.5 Å². The molecule has 15 nitrogen and oxygen atoms in total. The first-order valence-electron chi connectivity index (χ1n) is 20.7. The van der Waals surface area contributed by atoms with Gasteiger partial charge in [-0.25, -0.2) is 18.0 Å². The van der Waals surface area contributed by atoms with Gasteiger partial charge in [0.25, 0.3) is 5.91 Å². The number of sulfone groups is 1. The minimum absolute atomic E-state index is 0.173. The number of alkyl halides is 3. The number of nitrogens with zero attached hydrogens (tertiary/aromatic N) is 2. The van der Waals surface area contributed by atoms with Crippen molar-refractivity contribution in [1.82, 2.24) is 31.1 Å². The lowest BCUT2D eigenvalue weighted by atomic mass is 9.83. The van der Waals surface area contributed by atoms with Gasteiger partial charge in [0.15, 0.2) is 9.84 Å². The largest absolute Gasteiger partial charge is 0.444 e. The van der Waals surface area contributed by atoms with Crippen molar-refractivity contribution in [2.24, 2.45) is 5.41 Å². The van der Waals surface area contributed by atoms with E-state index in [1.165, 1.54) is 11.0 Å². The lowest BCUT2D eigenvalue weighted by Crippen LogP contribution is -2.63. The fraction of sp³-hybridized carbons (Fsp3) is 0.667. The number of rotatable bonds is 14. The van der Waals surface area contributed by atoms with Gasteiger partial charge in [-0.05, 0) is 63.0 Å². The SMILES string of the molecule is C=CCNC(=O)C(=O)C(CCC(F)(F)F)NC(=O)C1C[C@@H](OC(=O)N2CCc3ccccc3C2)CN1C(=O)C(NC(=O)NC1(CS(=O)(=O)C(C)(C)C)CCCCC1)C(C)(C)C. The van der Waals surface area contributed by atoms with Crippen LogP contribution in [0.15, 0.2) is 36.9 Å². The summed E-state index contributed by atoms with van der Waals surface area (Å²) in [5.41, 5.74) is -0.179. The highest BCUT2D eigenvalue weighted by molar-refractivity contribution is 7.92. The molecule has 2 heterocycles. The van der Waals surface area contributed by atoms with E-state index < -0.39 is 104 Å².